The van der Waals surface area contributed by atoms with Gasteiger partial charge in [0.15, 0.2) is 0 Å². The van der Waals surface area contributed by atoms with Crippen LogP contribution in [0.25, 0.3) is 0 Å². The standard InChI is InChI=1S/C9H17F2O/c1-4-6-7-9(10,11)8(3,12)5-2/h12H,2,4-7H2,1,3H3. The van der Waals surface area contributed by atoms with Crippen LogP contribution in [0, 0.1) is 6.92 Å². The first-order chi connectivity index (χ1) is 5.37. The van der Waals surface area contributed by atoms with Crippen LogP contribution in [-0.4, -0.2) is 16.6 Å². The third-order valence-electron chi connectivity index (χ3n) is 2.12. The Balaban J connectivity index is 4.17. The fourth-order valence-corrected chi connectivity index (χ4v) is 0.851. The molecule has 0 saturated heterocycles. The molecule has 73 valence electrons. The predicted octanol–water partition coefficient (Wildman–Crippen LogP) is 2.79. The first kappa shape index (κ1) is 11.8. The SMILES string of the molecule is [CH2]CC(C)(O)C(F)(F)CCCC. The van der Waals surface area contributed by atoms with Crippen molar-refractivity contribution in [2.24, 2.45) is 0 Å². The molecule has 0 rings (SSSR count). The average Bonchev–Trinajstić information content (AvgIpc) is 2.00. The Labute approximate surface area is 72.8 Å². The van der Waals surface area contributed by atoms with Crippen LogP contribution < -0.4 is 0 Å². The maximum absolute atomic E-state index is 13.1. The highest BCUT2D eigenvalue weighted by atomic mass is 19.3. The lowest BCUT2D eigenvalue weighted by atomic mass is 9.91. The van der Waals surface area contributed by atoms with Gasteiger partial charge in [0.2, 0.25) is 0 Å². The maximum atomic E-state index is 13.1. The first-order valence-corrected chi connectivity index (χ1v) is 4.27. The lowest BCUT2D eigenvalue weighted by Crippen LogP contribution is -2.44. The van der Waals surface area contributed by atoms with Crippen molar-refractivity contribution in [2.75, 3.05) is 0 Å². The molecule has 0 amide bonds. The van der Waals surface area contributed by atoms with Crippen LogP contribution in [0.5, 0.6) is 0 Å². The molecule has 0 aliphatic carbocycles. The summed E-state index contributed by atoms with van der Waals surface area (Å²) in [6.45, 7) is 6.28. The van der Waals surface area contributed by atoms with Crippen LogP contribution in [-0.2, 0) is 0 Å². The van der Waals surface area contributed by atoms with Gasteiger partial charge in [-0.3, -0.25) is 0 Å². The molecule has 0 spiro atoms. The number of hydrogen-bond acceptors (Lipinski definition) is 1. The topological polar surface area (TPSA) is 20.2 Å². The van der Waals surface area contributed by atoms with Gasteiger partial charge in [-0.2, -0.15) is 0 Å². The molecule has 0 fully saturated rings. The highest BCUT2D eigenvalue weighted by molar-refractivity contribution is 4.89. The third kappa shape index (κ3) is 2.70. The van der Waals surface area contributed by atoms with E-state index in [0.29, 0.717) is 12.8 Å². The molecule has 1 nitrogen and oxygen atoms in total. The van der Waals surface area contributed by atoms with E-state index in [1.165, 1.54) is 0 Å². The summed E-state index contributed by atoms with van der Waals surface area (Å²) in [4.78, 5) is 0. The average molecular weight is 179 g/mol. The van der Waals surface area contributed by atoms with Crippen molar-refractivity contribution in [1.29, 1.82) is 0 Å². The Morgan fingerprint density at radius 2 is 1.92 bits per heavy atom. The van der Waals surface area contributed by atoms with E-state index in [-0.39, 0.29) is 12.8 Å². The van der Waals surface area contributed by atoms with Crippen molar-refractivity contribution in [2.45, 2.75) is 51.1 Å². The smallest absolute Gasteiger partial charge is 0.275 e. The highest BCUT2D eigenvalue weighted by Gasteiger charge is 2.46. The zero-order valence-electron chi connectivity index (χ0n) is 7.74. The van der Waals surface area contributed by atoms with E-state index >= 15 is 0 Å². The van der Waals surface area contributed by atoms with Gasteiger partial charge in [-0.25, -0.2) is 8.78 Å². The lowest BCUT2D eigenvalue weighted by Gasteiger charge is -2.31. The summed E-state index contributed by atoms with van der Waals surface area (Å²) in [7, 11) is 0. The van der Waals surface area contributed by atoms with Gasteiger partial charge in [0.05, 0.1) is 0 Å². The quantitative estimate of drug-likeness (QED) is 0.688. The molecule has 0 bridgehead atoms. The summed E-state index contributed by atoms with van der Waals surface area (Å²) in [6, 6.07) is 0. The second kappa shape index (κ2) is 4.17. The molecule has 12 heavy (non-hydrogen) atoms. The zero-order chi connectivity index (χ0) is 9.83. The Hall–Kier alpha value is -0.180. The van der Waals surface area contributed by atoms with Gasteiger partial charge < -0.3 is 5.11 Å². The molecule has 1 atom stereocenters. The van der Waals surface area contributed by atoms with Crippen LogP contribution in [0.2, 0.25) is 0 Å². The van der Waals surface area contributed by atoms with E-state index in [4.69, 9.17) is 0 Å². The third-order valence-corrected chi connectivity index (χ3v) is 2.12. The molecule has 3 heteroatoms. The number of aliphatic hydroxyl groups is 1. The maximum Gasteiger partial charge on any atom is 0.275 e. The van der Waals surface area contributed by atoms with Gasteiger partial charge >= 0.3 is 0 Å². The second-order valence-electron chi connectivity index (χ2n) is 3.33. The summed E-state index contributed by atoms with van der Waals surface area (Å²) in [5.74, 6) is -3.01. The first-order valence-electron chi connectivity index (χ1n) is 4.27. The molecule has 0 aliphatic heterocycles. The minimum absolute atomic E-state index is 0.163. The summed E-state index contributed by atoms with van der Waals surface area (Å²) < 4.78 is 26.2. The molecule has 0 aliphatic rings. The minimum Gasteiger partial charge on any atom is -0.384 e. The van der Waals surface area contributed by atoms with Crippen molar-refractivity contribution in [3.8, 4) is 0 Å². The van der Waals surface area contributed by atoms with Gasteiger partial charge in [-0.15, -0.1) is 0 Å². The van der Waals surface area contributed by atoms with Gasteiger partial charge in [0, 0.05) is 6.42 Å². The predicted molar refractivity (Wildman–Crippen MR) is 45.1 cm³/mol. The number of hydrogen-bond donors (Lipinski definition) is 1. The summed E-state index contributed by atoms with van der Waals surface area (Å²) in [5.41, 5.74) is -1.96. The van der Waals surface area contributed by atoms with E-state index in [1.54, 1.807) is 0 Å². The van der Waals surface area contributed by atoms with Crippen LogP contribution in [0.4, 0.5) is 8.78 Å². The van der Waals surface area contributed by atoms with Gasteiger partial charge in [-0.1, -0.05) is 20.3 Å². The number of rotatable bonds is 5. The molecular weight excluding hydrogens is 162 g/mol. The van der Waals surface area contributed by atoms with Crippen LogP contribution >= 0.6 is 0 Å². The van der Waals surface area contributed by atoms with Gasteiger partial charge in [-0.05, 0) is 19.8 Å². The summed E-state index contributed by atoms with van der Waals surface area (Å²) in [5, 5.41) is 9.27. The van der Waals surface area contributed by atoms with Crippen molar-refractivity contribution in [3.05, 3.63) is 6.92 Å². The van der Waals surface area contributed by atoms with E-state index in [9.17, 15) is 13.9 Å². The minimum atomic E-state index is -3.01. The number of halogens is 2. The molecule has 0 aromatic heterocycles. The summed E-state index contributed by atoms with van der Waals surface area (Å²) in [6.07, 6.45) is 0.724. The van der Waals surface area contributed by atoms with E-state index in [2.05, 4.69) is 6.92 Å². The molecule has 1 unspecified atom stereocenters. The molecule has 0 saturated carbocycles. The highest BCUT2D eigenvalue weighted by Crippen LogP contribution is 2.35. The Morgan fingerprint density at radius 1 is 1.42 bits per heavy atom. The van der Waals surface area contributed by atoms with Crippen LogP contribution in [0.3, 0.4) is 0 Å². The fraction of sp³-hybridized carbons (Fsp3) is 0.889. The lowest BCUT2D eigenvalue weighted by molar-refractivity contribution is -0.174. The fourth-order valence-electron chi connectivity index (χ4n) is 0.851. The molecule has 0 aromatic rings. The van der Waals surface area contributed by atoms with Crippen molar-refractivity contribution >= 4 is 0 Å². The van der Waals surface area contributed by atoms with Crippen molar-refractivity contribution in [1.82, 2.24) is 0 Å². The van der Waals surface area contributed by atoms with Gasteiger partial charge in [0.1, 0.15) is 5.60 Å². The van der Waals surface area contributed by atoms with E-state index in [1.807, 2.05) is 6.92 Å². The van der Waals surface area contributed by atoms with Crippen LogP contribution in [0.15, 0.2) is 0 Å². The Morgan fingerprint density at radius 3 is 2.25 bits per heavy atom. The molecule has 1 N–H and O–H groups in total. The number of alkyl halides is 2. The Bertz CT molecular complexity index is 132. The van der Waals surface area contributed by atoms with Crippen molar-refractivity contribution in [3.63, 3.8) is 0 Å². The number of unbranched alkanes of at least 4 members (excludes halogenated alkanes) is 1. The molecule has 1 radical (unpaired) electrons. The van der Waals surface area contributed by atoms with E-state index < -0.39 is 11.5 Å². The van der Waals surface area contributed by atoms with Crippen LogP contribution in [0.1, 0.15) is 39.5 Å². The second-order valence-corrected chi connectivity index (χ2v) is 3.33. The normalized spacial score (nSPS) is 17.5. The van der Waals surface area contributed by atoms with Crippen molar-refractivity contribution < 1.29 is 13.9 Å². The Kier molecular flexibility index (Phi) is 4.11. The van der Waals surface area contributed by atoms with Gasteiger partial charge in [0.25, 0.3) is 5.92 Å². The molecule has 0 aromatic carbocycles. The summed E-state index contributed by atoms with van der Waals surface area (Å²) >= 11 is 0. The zero-order valence-corrected chi connectivity index (χ0v) is 7.74. The monoisotopic (exact) mass is 179 g/mol. The van der Waals surface area contributed by atoms with E-state index in [0.717, 1.165) is 6.92 Å². The molecule has 0 heterocycles. The largest absolute Gasteiger partial charge is 0.384 e. The molecular formula is C9H17F2O.